The van der Waals surface area contributed by atoms with E-state index < -0.39 is 12.3 Å². The number of rotatable bonds is 2. The maximum absolute atomic E-state index is 11.1. The van der Waals surface area contributed by atoms with Crippen LogP contribution in [0, 0.1) is 0 Å². The van der Waals surface area contributed by atoms with Gasteiger partial charge in [-0.2, -0.15) is 0 Å². The lowest BCUT2D eigenvalue weighted by molar-refractivity contribution is -0.178. The molecular weight excluding hydrogens is 200 g/mol. The Hall–Kier alpha value is -0.480. The SMILES string of the molecule is C=CC(=O)OC1OCCCSC1(C)C. The van der Waals surface area contributed by atoms with Crippen LogP contribution in [0.2, 0.25) is 0 Å². The third-order valence-electron chi connectivity index (χ3n) is 1.99. The van der Waals surface area contributed by atoms with Crippen LogP contribution in [0.3, 0.4) is 0 Å². The third-order valence-corrected chi connectivity index (χ3v) is 3.42. The molecule has 0 amide bonds. The highest BCUT2D eigenvalue weighted by molar-refractivity contribution is 8.00. The Balaban J connectivity index is 2.62. The van der Waals surface area contributed by atoms with Gasteiger partial charge in [-0.15, -0.1) is 11.8 Å². The van der Waals surface area contributed by atoms with Crippen molar-refractivity contribution in [3.8, 4) is 0 Å². The van der Waals surface area contributed by atoms with E-state index in [2.05, 4.69) is 6.58 Å². The van der Waals surface area contributed by atoms with Gasteiger partial charge in [0.2, 0.25) is 6.29 Å². The minimum Gasteiger partial charge on any atom is -0.431 e. The van der Waals surface area contributed by atoms with Crippen molar-refractivity contribution in [1.82, 2.24) is 0 Å². The van der Waals surface area contributed by atoms with E-state index in [9.17, 15) is 4.79 Å². The van der Waals surface area contributed by atoms with Crippen molar-refractivity contribution in [3.05, 3.63) is 12.7 Å². The predicted octanol–water partition coefficient (Wildman–Crippen LogP) is 1.97. The lowest BCUT2D eigenvalue weighted by atomic mass is 10.2. The minimum atomic E-state index is -0.472. The Morgan fingerprint density at radius 1 is 1.71 bits per heavy atom. The molecule has 1 aliphatic heterocycles. The Labute approximate surface area is 88.8 Å². The summed E-state index contributed by atoms with van der Waals surface area (Å²) in [5, 5.41) is 0. The van der Waals surface area contributed by atoms with Crippen LogP contribution in [0.15, 0.2) is 12.7 Å². The van der Waals surface area contributed by atoms with Crippen molar-refractivity contribution in [1.29, 1.82) is 0 Å². The first-order chi connectivity index (χ1) is 6.56. The molecule has 1 saturated heterocycles. The van der Waals surface area contributed by atoms with Crippen LogP contribution in [-0.4, -0.2) is 29.4 Å². The predicted molar refractivity (Wildman–Crippen MR) is 57.2 cm³/mol. The Morgan fingerprint density at radius 2 is 2.43 bits per heavy atom. The molecule has 3 nitrogen and oxygen atoms in total. The molecule has 1 fully saturated rings. The summed E-state index contributed by atoms with van der Waals surface area (Å²) >= 11 is 1.77. The smallest absolute Gasteiger partial charge is 0.332 e. The van der Waals surface area contributed by atoms with Gasteiger partial charge in [0.25, 0.3) is 0 Å². The van der Waals surface area contributed by atoms with E-state index >= 15 is 0 Å². The standard InChI is InChI=1S/C10H16O3S/c1-4-8(11)13-9-10(2,3)14-7-5-6-12-9/h4,9H,1,5-7H2,2-3H3. The Morgan fingerprint density at radius 3 is 3.07 bits per heavy atom. The molecule has 0 N–H and O–H groups in total. The molecule has 0 saturated carbocycles. The fourth-order valence-corrected chi connectivity index (χ4v) is 2.22. The van der Waals surface area contributed by atoms with E-state index in [1.54, 1.807) is 11.8 Å². The number of carbonyl (C=O) groups excluding carboxylic acids is 1. The molecule has 0 aromatic rings. The van der Waals surface area contributed by atoms with Gasteiger partial charge in [0, 0.05) is 6.08 Å². The first kappa shape index (κ1) is 11.6. The zero-order valence-corrected chi connectivity index (χ0v) is 9.43. The van der Waals surface area contributed by atoms with Gasteiger partial charge >= 0.3 is 5.97 Å². The van der Waals surface area contributed by atoms with Gasteiger partial charge in [0.05, 0.1) is 11.4 Å². The van der Waals surface area contributed by atoms with E-state index in [4.69, 9.17) is 9.47 Å². The number of hydrogen-bond acceptors (Lipinski definition) is 4. The summed E-state index contributed by atoms with van der Waals surface area (Å²) in [6, 6.07) is 0. The molecule has 4 heteroatoms. The van der Waals surface area contributed by atoms with E-state index in [0.717, 1.165) is 18.2 Å². The zero-order chi connectivity index (χ0) is 10.6. The molecule has 14 heavy (non-hydrogen) atoms. The van der Waals surface area contributed by atoms with E-state index in [0.29, 0.717) is 6.61 Å². The molecule has 0 aliphatic carbocycles. The van der Waals surface area contributed by atoms with Crippen LogP contribution in [0.1, 0.15) is 20.3 Å². The molecule has 0 bridgehead atoms. The van der Waals surface area contributed by atoms with Gasteiger partial charge in [-0.25, -0.2) is 4.79 Å². The van der Waals surface area contributed by atoms with E-state index in [1.165, 1.54) is 0 Å². The van der Waals surface area contributed by atoms with Gasteiger partial charge in [-0.3, -0.25) is 0 Å². The van der Waals surface area contributed by atoms with Crippen molar-refractivity contribution >= 4 is 17.7 Å². The summed E-state index contributed by atoms with van der Waals surface area (Å²) in [5.74, 6) is 0.611. The normalized spacial score (nSPS) is 26.3. The monoisotopic (exact) mass is 216 g/mol. The number of hydrogen-bond donors (Lipinski definition) is 0. The molecule has 1 aliphatic rings. The molecule has 1 atom stereocenters. The second-order valence-electron chi connectivity index (χ2n) is 3.65. The Bertz CT molecular complexity index is 225. The first-order valence-electron chi connectivity index (χ1n) is 4.65. The van der Waals surface area contributed by atoms with Crippen LogP contribution in [0.4, 0.5) is 0 Å². The summed E-state index contributed by atoms with van der Waals surface area (Å²) in [7, 11) is 0. The van der Waals surface area contributed by atoms with Crippen LogP contribution in [-0.2, 0) is 14.3 Å². The number of carbonyl (C=O) groups is 1. The fraction of sp³-hybridized carbons (Fsp3) is 0.700. The van der Waals surface area contributed by atoms with Crippen LogP contribution < -0.4 is 0 Å². The zero-order valence-electron chi connectivity index (χ0n) is 8.62. The second kappa shape index (κ2) is 4.84. The number of ether oxygens (including phenoxy) is 2. The second-order valence-corrected chi connectivity index (χ2v) is 5.40. The van der Waals surface area contributed by atoms with Gasteiger partial charge in [0.15, 0.2) is 0 Å². The maximum Gasteiger partial charge on any atom is 0.332 e. The molecular formula is C10H16O3S. The van der Waals surface area contributed by atoms with Gasteiger partial charge < -0.3 is 9.47 Å². The van der Waals surface area contributed by atoms with Crippen molar-refractivity contribution in [3.63, 3.8) is 0 Å². The van der Waals surface area contributed by atoms with Gasteiger partial charge in [-0.1, -0.05) is 6.58 Å². The summed E-state index contributed by atoms with van der Waals surface area (Å²) in [6.07, 6.45) is 1.69. The summed E-state index contributed by atoms with van der Waals surface area (Å²) in [4.78, 5) is 11.1. The summed E-state index contributed by atoms with van der Waals surface area (Å²) < 4.78 is 10.4. The van der Waals surface area contributed by atoms with E-state index in [1.807, 2.05) is 13.8 Å². The van der Waals surface area contributed by atoms with Crippen LogP contribution in [0.5, 0.6) is 0 Å². The molecule has 0 aromatic heterocycles. The van der Waals surface area contributed by atoms with Crippen molar-refractivity contribution in [2.24, 2.45) is 0 Å². The first-order valence-corrected chi connectivity index (χ1v) is 5.63. The minimum absolute atomic E-state index is 0.185. The topological polar surface area (TPSA) is 35.5 Å². The highest BCUT2D eigenvalue weighted by Crippen LogP contribution is 2.33. The quantitative estimate of drug-likeness (QED) is 0.522. The Kier molecular flexibility index (Phi) is 4.01. The van der Waals surface area contributed by atoms with E-state index in [-0.39, 0.29) is 4.75 Å². The van der Waals surface area contributed by atoms with Crippen LogP contribution in [0.25, 0.3) is 0 Å². The molecule has 80 valence electrons. The van der Waals surface area contributed by atoms with Crippen molar-refractivity contribution in [2.45, 2.75) is 31.3 Å². The van der Waals surface area contributed by atoms with Crippen molar-refractivity contribution in [2.75, 3.05) is 12.4 Å². The third kappa shape index (κ3) is 3.03. The molecule has 0 spiro atoms. The summed E-state index contributed by atoms with van der Waals surface area (Å²) in [6.45, 7) is 8.04. The fourth-order valence-electron chi connectivity index (χ4n) is 1.18. The highest BCUT2D eigenvalue weighted by Gasteiger charge is 2.35. The lowest BCUT2D eigenvalue weighted by Gasteiger charge is -2.30. The summed E-state index contributed by atoms with van der Waals surface area (Å²) in [5.41, 5.74) is 0. The average Bonchev–Trinajstić information content (AvgIpc) is 2.29. The number of thioether (sulfide) groups is 1. The molecule has 1 heterocycles. The van der Waals surface area contributed by atoms with Crippen LogP contribution >= 0.6 is 11.8 Å². The highest BCUT2D eigenvalue weighted by atomic mass is 32.2. The lowest BCUT2D eigenvalue weighted by Crippen LogP contribution is -2.38. The van der Waals surface area contributed by atoms with Crippen molar-refractivity contribution < 1.29 is 14.3 Å². The molecule has 1 unspecified atom stereocenters. The van der Waals surface area contributed by atoms with Gasteiger partial charge in [0.1, 0.15) is 0 Å². The number of esters is 1. The molecule has 1 rings (SSSR count). The largest absolute Gasteiger partial charge is 0.431 e. The van der Waals surface area contributed by atoms with Gasteiger partial charge in [-0.05, 0) is 26.0 Å². The maximum atomic E-state index is 11.1. The molecule has 0 radical (unpaired) electrons. The molecule has 0 aromatic carbocycles. The average molecular weight is 216 g/mol.